The predicted octanol–water partition coefficient (Wildman–Crippen LogP) is 2.30. The molecule has 3 atom stereocenters. The highest BCUT2D eigenvalue weighted by atomic mass is 16.9. The fourth-order valence-corrected chi connectivity index (χ4v) is 2.08. The molecule has 1 aliphatic heterocycles. The average Bonchev–Trinajstić information content (AvgIpc) is 2.35. The lowest BCUT2D eigenvalue weighted by molar-refractivity contribution is -0.771. The summed E-state index contributed by atoms with van der Waals surface area (Å²) >= 11 is 0. The molecule has 0 unspecified atom stereocenters. The Kier molecular flexibility index (Phi) is 3.64. The summed E-state index contributed by atoms with van der Waals surface area (Å²) in [4.78, 5) is 5.60. The third-order valence-electron chi connectivity index (χ3n) is 3.00. The monoisotopic (exact) mass is 235 g/mol. The van der Waals surface area contributed by atoms with E-state index in [2.05, 4.69) is 0 Å². The molecule has 0 radical (unpaired) electrons. The molecule has 0 saturated heterocycles. The van der Waals surface area contributed by atoms with E-state index in [0.717, 1.165) is 5.56 Å². The van der Waals surface area contributed by atoms with Gasteiger partial charge in [-0.15, -0.1) is 0 Å². The van der Waals surface area contributed by atoms with E-state index >= 15 is 0 Å². The molecule has 0 aliphatic carbocycles. The highest BCUT2D eigenvalue weighted by Crippen LogP contribution is 2.30. The van der Waals surface area contributed by atoms with Crippen molar-refractivity contribution in [3.05, 3.63) is 41.1 Å². The maximum absolute atomic E-state index is 11.4. The summed E-state index contributed by atoms with van der Waals surface area (Å²) in [5.41, 5.74) is 1.11. The van der Waals surface area contributed by atoms with Gasteiger partial charge in [0.2, 0.25) is 6.21 Å². The Hall–Kier alpha value is -1.55. The maximum atomic E-state index is 11.4. The molecule has 0 fully saturated rings. The zero-order valence-corrected chi connectivity index (χ0v) is 10.1. The van der Waals surface area contributed by atoms with Crippen LogP contribution in [0.25, 0.3) is 0 Å². The molecule has 0 spiro atoms. The highest BCUT2D eigenvalue weighted by molar-refractivity contribution is 5.64. The molecular weight excluding hydrogens is 218 g/mol. The number of hydrogen-bond acceptors (Lipinski definition) is 3. The van der Waals surface area contributed by atoms with Crippen LogP contribution in [-0.2, 0) is 9.57 Å². The lowest BCUT2D eigenvalue weighted by atomic mass is 9.87. The van der Waals surface area contributed by atoms with Crippen LogP contribution >= 0.6 is 0 Å². The standard InChI is InChI=1S/C13H17NO3/c1-3-16-13-10(2)12(9-14(15)17-13)11-7-5-4-6-8-11/h4-10,12-13H,3H2,1-2H3/t10-,12-,13+/m1/s1. The molecule has 0 amide bonds. The third kappa shape index (κ3) is 2.58. The Balaban J connectivity index is 2.24. The normalized spacial score (nSPS) is 28.4. The fourth-order valence-electron chi connectivity index (χ4n) is 2.08. The second-order valence-electron chi connectivity index (χ2n) is 4.16. The predicted molar refractivity (Wildman–Crippen MR) is 64.5 cm³/mol. The molecule has 0 saturated carbocycles. The minimum Gasteiger partial charge on any atom is -0.372 e. The fraction of sp³-hybridized carbons (Fsp3) is 0.462. The van der Waals surface area contributed by atoms with Crippen LogP contribution < -0.4 is 0 Å². The zero-order valence-electron chi connectivity index (χ0n) is 10.1. The Morgan fingerprint density at radius 1 is 1.35 bits per heavy atom. The van der Waals surface area contributed by atoms with E-state index in [-0.39, 0.29) is 11.8 Å². The molecule has 1 aliphatic rings. The number of ether oxygens (including phenoxy) is 1. The molecule has 0 N–H and O–H groups in total. The van der Waals surface area contributed by atoms with Gasteiger partial charge in [0.25, 0.3) is 0 Å². The van der Waals surface area contributed by atoms with Crippen LogP contribution in [0.5, 0.6) is 0 Å². The van der Waals surface area contributed by atoms with E-state index in [1.54, 1.807) is 6.21 Å². The van der Waals surface area contributed by atoms with Crippen molar-refractivity contribution in [2.75, 3.05) is 6.61 Å². The summed E-state index contributed by atoms with van der Waals surface area (Å²) in [6, 6.07) is 9.93. The third-order valence-corrected chi connectivity index (χ3v) is 3.00. The second kappa shape index (κ2) is 5.19. The van der Waals surface area contributed by atoms with Crippen LogP contribution in [0.1, 0.15) is 25.3 Å². The van der Waals surface area contributed by atoms with Gasteiger partial charge in [-0.1, -0.05) is 37.3 Å². The van der Waals surface area contributed by atoms with Crippen molar-refractivity contribution in [2.45, 2.75) is 26.1 Å². The van der Waals surface area contributed by atoms with Crippen LogP contribution in [0.4, 0.5) is 0 Å². The molecule has 0 bridgehead atoms. The number of benzene rings is 1. The van der Waals surface area contributed by atoms with Gasteiger partial charge in [-0.3, -0.25) is 5.21 Å². The van der Waals surface area contributed by atoms with Crippen molar-refractivity contribution in [1.29, 1.82) is 0 Å². The number of hydrogen-bond donors (Lipinski definition) is 0. The van der Waals surface area contributed by atoms with Gasteiger partial charge in [-0.2, -0.15) is 0 Å². The van der Waals surface area contributed by atoms with Gasteiger partial charge in [-0.05, 0) is 12.5 Å². The first kappa shape index (κ1) is 11.9. The van der Waals surface area contributed by atoms with Gasteiger partial charge in [0.05, 0.1) is 5.92 Å². The highest BCUT2D eigenvalue weighted by Gasteiger charge is 2.33. The van der Waals surface area contributed by atoms with E-state index in [1.807, 2.05) is 44.2 Å². The van der Waals surface area contributed by atoms with Crippen molar-refractivity contribution < 1.29 is 14.5 Å². The zero-order chi connectivity index (χ0) is 12.3. The summed E-state index contributed by atoms with van der Waals surface area (Å²) < 4.78 is 5.43. The van der Waals surface area contributed by atoms with Crippen molar-refractivity contribution in [3.8, 4) is 0 Å². The molecule has 1 aromatic carbocycles. The summed E-state index contributed by atoms with van der Waals surface area (Å²) in [5.74, 6) is 0.140. The smallest absolute Gasteiger partial charge is 0.218 e. The Labute approximate surface area is 101 Å². The summed E-state index contributed by atoms with van der Waals surface area (Å²) in [7, 11) is 0. The first-order valence-electron chi connectivity index (χ1n) is 5.87. The second-order valence-corrected chi connectivity index (χ2v) is 4.16. The molecule has 92 valence electrons. The minimum atomic E-state index is -0.479. The van der Waals surface area contributed by atoms with E-state index in [0.29, 0.717) is 11.5 Å². The van der Waals surface area contributed by atoms with E-state index in [9.17, 15) is 5.21 Å². The molecule has 1 aromatic rings. The van der Waals surface area contributed by atoms with Gasteiger partial charge in [0.15, 0.2) is 6.29 Å². The van der Waals surface area contributed by atoms with Gasteiger partial charge < -0.3 is 9.57 Å². The molecule has 17 heavy (non-hydrogen) atoms. The molecule has 4 heteroatoms. The summed E-state index contributed by atoms with van der Waals surface area (Å²) in [5, 5.41) is 11.4. The van der Waals surface area contributed by atoms with Gasteiger partial charge in [0.1, 0.15) is 0 Å². The number of rotatable bonds is 3. The maximum Gasteiger partial charge on any atom is 0.218 e. The summed E-state index contributed by atoms with van der Waals surface area (Å²) in [6.07, 6.45) is 1.07. The average molecular weight is 235 g/mol. The first-order chi connectivity index (χ1) is 8.22. The van der Waals surface area contributed by atoms with E-state index < -0.39 is 6.29 Å². The lowest BCUT2D eigenvalue weighted by Gasteiger charge is -2.32. The first-order valence-corrected chi connectivity index (χ1v) is 5.87. The molecular formula is C13H17NO3. The van der Waals surface area contributed by atoms with Gasteiger partial charge in [-0.25, -0.2) is 0 Å². The van der Waals surface area contributed by atoms with Gasteiger partial charge in [0, 0.05) is 17.4 Å². The van der Waals surface area contributed by atoms with E-state index in [1.165, 1.54) is 0 Å². The van der Waals surface area contributed by atoms with Crippen LogP contribution in [-0.4, -0.2) is 24.0 Å². The molecule has 1 heterocycles. The topological polar surface area (TPSA) is 44.5 Å². The Bertz CT molecular complexity index is 391. The molecule has 2 rings (SSSR count). The van der Waals surface area contributed by atoms with Crippen molar-refractivity contribution in [1.82, 2.24) is 0 Å². The van der Waals surface area contributed by atoms with Crippen molar-refractivity contribution in [2.24, 2.45) is 5.92 Å². The van der Waals surface area contributed by atoms with Crippen LogP contribution in [0, 0.1) is 11.1 Å². The summed E-state index contributed by atoms with van der Waals surface area (Å²) in [6.45, 7) is 4.45. The molecule has 4 nitrogen and oxygen atoms in total. The van der Waals surface area contributed by atoms with E-state index in [4.69, 9.17) is 9.57 Å². The molecule has 0 aromatic heterocycles. The van der Waals surface area contributed by atoms with Gasteiger partial charge >= 0.3 is 0 Å². The van der Waals surface area contributed by atoms with Crippen LogP contribution in [0.3, 0.4) is 0 Å². The van der Waals surface area contributed by atoms with Crippen molar-refractivity contribution in [3.63, 3.8) is 0 Å². The Morgan fingerprint density at radius 2 is 2.06 bits per heavy atom. The quantitative estimate of drug-likeness (QED) is 0.755. The Morgan fingerprint density at radius 3 is 2.71 bits per heavy atom. The SMILES string of the molecule is CCO[C@H]1O[N+]([O-])=C[C@@H](c2ccccc2)[C@H]1C. The minimum absolute atomic E-state index is 0.0269. The largest absolute Gasteiger partial charge is 0.372 e. The van der Waals surface area contributed by atoms with Crippen LogP contribution in [0.2, 0.25) is 0 Å². The van der Waals surface area contributed by atoms with Crippen molar-refractivity contribution >= 4 is 6.21 Å². The lowest BCUT2D eigenvalue weighted by Crippen LogP contribution is -2.38. The van der Waals surface area contributed by atoms with Crippen LogP contribution in [0.15, 0.2) is 30.3 Å². The number of nitrogens with zero attached hydrogens (tertiary/aromatic N) is 1.